The molecule has 0 spiro atoms. The summed E-state index contributed by atoms with van der Waals surface area (Å²) < 4.78 is 24.8. The normalized spacial score (nSPS) is 11.4. The van der Waals surface area contributed by atoms with Crippen LogP contribution in [0.4, 0.5) is 0 Å². The molecule has 2 heterocycles. The fraction of sp³-hybridized carbons (Fsp3) is 0.0714. The molecular weight excluding hydrogens is 388 g/mol. The molecule has 0 radical (unpaired) electrons. The fourth-order valence-electron chi connectivity index (χ4n) is 1.90. The van der Waals surface area contributed by atoms with Gasteiger partial charge in [0.25, 0.3) is 5.78 Å². The first-order valence-corrected chi connectivity index (χ1v) is 9.50. The van der Waals surface area contributed by atoms with Crippen molar-refractivity contribution in [2.24, 2.45) is 0 Å². The minimum atomic E-state index is -3.81. The van der Waals surface area contributed by atoms with Crippen LogP contribution in [0.5, 0.6) is 0 Å². The molecule has 0 saturated heterocycles. The Morgan fingerprint density at radius 3 is 2.56 bits per heavy atom. The highest BCUT2D eigenvalue weighted by Crippen LogP contribution is 2.25. The average Bonchev–Trinajstić information content (AvgIpc) is 3.26. The second-order valence-electron chi connectivity index (χ2n) is 4.83. The van der Waals surface area contributed by atoms with Gasteiger partial charge < -0.3 is 0 Å². The number of hydrogen-bond donors (Lipinski definition) is 1. The molecule has 0 amide bonds. The number of sulfone groups is 1. The maximum Gasteiger partial charge on any atom is 0.265 e. The second kappa shape index (κ2) is 6.82. The number of hydrogen-bond acceptors (Lipinski definition) is 8. The summed E-state index contributed by atoms with van der Waals surface area (Å²) in [5, 5.41) is 7.64. The molecule has 0 aliphatic carbocycles. The summed E-state index contributed by atoms with van der Waals surface area (Å²) in [5.74, 6) is -1.78. The van der Waals surface area contributed by atoms with Crippen LogP contribution in [0.2, 0.25) is 5.02 Å². The monoisotopic (exact) mass is 396 g/mol. The van der Waals surface area contributed by atoms with Gasteiger partial charge in [0.2, 0.25) is 20.0 Å². The van der Waals surface area contributed by atoms with E-state index in [1.807, 2.05) is 0 Å². The van der Waals surface area contributed by atoms with E-state index in [-0.39, 0.29) is 27.2 Å². The Hall–Kier alpha value is -2.43. The summed E-state index contributed by atoms with van der Waals surface area (Å²) in [6.45, 7) is 0. The van der Waals surface area contributed by atoms with Crippen LogP contribution in [0.1, 0.15) is 16.3 Å². The molecular formula is C14H9ClN4O4S2. The number of nitrogens with one attached hydrogen (secondary N) is 1. The number of aromatic amines is 1. The van der Waals surface area contributed by atoms with Crippen molar-refractivity contribution < 1.29 is 18.0 Å². The van der Waals surface area contributed by atoms with Gasteiger partial charge in [-0.15, -0.1) is 11.3 Å². The van der Waals surface area contributed by atoms with Gasteiger partial charge in [-0.25, -0.2) is 18.4 Å². The lowest BCUT2D eigenvalue weighted by Gasteiger charge is -2.00. The summed E-state index contributed by atoms with van der Waals surface area (Å²) in [6, 6.07) is 5.67. The van der Waals surface area contributed by atoms with Crippen molar-refractivity contribution >= 4 is 44.3 Å². The standard InChI is InChI=1S/C14H9ClN4O4S2/c15-8-1-3-10(4-2-8)25(22,23)14-18-9(6-24-14)5-11(20)12(21)13-16-7-17-19-13/h1-4,6-7H,5H2,(H,16,17,19). The zero-order chi connectivity index (χ0) is 18.0. The minimum Gasteiger partial charge on any atom is -0.290 e. The molecule has 0 bridgehead atoms. The third kappa shape index (κ3) is 3.65. The van der Waals surface area contributed by atoms with Crippen molar-refractivity contribution in [1.82, 2.24) is 20.2 Å². The maximum atomic E-state index is 12.5. The van der Waals surface area contributed by atoms with Crippen LogP contribution in [0.25, 0.3) is 0 Å². The molecule has 11 heteroatoms. The zero-order valence-electron chi connectivity index (χ0n) is 12.3. The highest BCUT2D eigenvalue weighted by molar-refractivity contribution is 7.93. The van der Waals surface area contributed by atoms with Gasteiger partial charge in [-0.3, -0.25) is 14.7 Å². The SMILES string of the molecule is O=C(Cc1csc(S(=O)(=O)c2ccc(Cl)cc2)n1)C(=O)c1ncn[nH]1. The number of halogens is 1. The van der Waals surface area contributed by atoms with Crippen LogP contribution in [0, 0.1) is 0 Å². The van der Waals surface area contributed by atoms with E-state index in [1.165, 1.54) is 29.6 Å². The Balaban J connectivity index is 1.79. The van der Waals surface area contributed by atoms with E-state index < -0.39 is 21.4 Å². The molecule has 0 fully saturated rings. The predicted molar refractivity (Wildman–Crippen MR) is 88.4 cm³/mol. The number of H-pyrrole nitrogens is 1. The van der Waals surface area contributed by atoms with E-state index in [4.69, 9.17) is 11.6 Å². The highest BCUT2D eigenvalue weighted by atomic mass is 35.5. The summed E-state index contributed by atoms with van der Waals surface area (Å²) >= 11 is 6.63. The molecule has 0 atom stereocenters. The van der Waals surface area contributed by atoms with Crippen molar-refractivity contribution in [3.05, 3.63) is 52.5 Å². The first-order valence-electron chi connectivity index (χ1n) is 6.76. The predicted octanol–water partition coefficient (Wildman–Crippen LogP) is 1.74. The number of Topliss-reactive ketones (excluding diaryl/α,β-unsaturated/α-hetero) is 2. The van der Waals surface area contributed by atoms with Crippen LogP contribution in [0.3, 0.4) is 0 Å². The Kier molecular flexibility index (Phi) is 4.75. The number of rotatable bonds is 6. The van der Waals surface area contributed by atoms with Gasteiger partial charge >= 0.3 is 0 Å². The van der Waals surface area contributed by atoms with E-state index in [0.717, 1.165) is 17.7 Å². The van der Waals surface area contributed by atoms with Crippen molar-refractivity contribution in [2.75, 3.05) is 0 Å². The van der Waals surface area contributed by atoms with Crippen LogP contribution >= 0.6 is 22.9 Å². The van der Waals surface area contributed by atoms with Crippen LogP contribution in [-0.4, -0.2) is 40.1 Å². The number of carbonyl (C=O) groups is 2. The first-order chi connectivity index (χ1) is 11.9. The van der Waals surface area contributed by atoms with E-state index in [9.17, 15) is 18.0 Å². The molecule has 2 aromatic heterocycles. The molecule has 0 unspecified atom stereocenters. The lowest BCUT2D eigenvalue weighted by molar-refractivity contribution is -0.114. The number of aromatic nitrogens is 4. The number of benzene rings is 1. The van der Waals surface area contributed by atoms with E-state index in [1.54, 1.807) is 0 Å². The highest BCUT2D eigenvalue weighted by Gasteiger charge is 2.24. The quantitative estimate of drug-likeness (QED) is 0.497. The average molecular weight is 397 g/mol. The van der Waals surface area contributed by atoms with Crippen molar-refractivity contribution in [3.8, 4) is 0 Å². The van der Waals surface area contributed by atoms with E-state index >= 15 is 0 Å². The van der Waals surface area contributed by atoms with Gasteiger partial charge in [0.15, 0.2) is 5.82 Å². The fourth-order valence-corrected chi connectivity index (χ4v) is 4.44. The lowest BCUT2D eigenvalue weighted by atomic mass is 10.1. The Morgan fingerprint density at radius 2 is 1.92 bits per heavy atom. The number of thiazole rings is 1. The molecule has 0 aliphatic rings. The number of ketones is 2. The lowest BCUT2D eigenvalue weighted by Crippen LogP contribution is -2.18. The van der Waals surface area contributed by atoms with E-state index in [2.05, 4.69) is 20.2 Å². The molecule has 25 heavy (non-hydrogen) atoms. The summed E-state index contributed by atoms with van der Waals surface area (Å²) in [6.07, 6.45) is 0.784. The molecule has 3 aromatic rings. The molecule has 0 aliphatic heterocycles. The molecule has 3 rings (SSSR count). The zero-order valence-corrected chi connectivity index (χ0v) is 14.7. The number of nitrogens with zero attached hydrogens (tertiary/aromatic N) is 3. The maximum absolute atomic E-state index is 12.5. The molecule has 1 N–H and O–H groups in total. The van der Waals surface area contributed by atoms with Gasteiger partial charge in [-0.1, -0.05) is 11.6 Å². The van der Waals surface area contributed by atoms with Crippen LogP contribution in [0.15, 0.2) is 45.2 Å². The molecule has 8 nitrogen and oxygen atoms in total. The van der Waals surface area contributed by atoms with Gasteiger partial charge in [0.1, 0.15) is 6.33 Å². The Bertz CT molecular complexity index is 1030. The van der Waals surface area contributed by atoms with Crippen molar-refractivity contribution in [3.63, 3.8) is 0 Å². The summed E-state index contributed by atoms with van der Waals surface area (Å²) in [4.78, 5) is 31.4. The molecule has 128 valence electrons. The second-order valence-corrected chi connectivity index (χ2v) is 8.24. The van der Waals surface area contributed by atoms with Gasteiger partial charge in [0, 0.05) is 10.4 Å². The van der Waals surface area contributed by atoms with Gasteiger partial charge in [-0.05, 0) is 24.3 Å². The third-order valence-corrected chi connectivity index (χ3v) is 6.44. The Labute approximate surface area is 150 Å². The van der Waals surface area contributed by atoms with Crippen LogP contribution < -0.4 is 0 Å². The third-order valence-electron chi connectivity index (χ3n) is 3.11. The largest absolute Gasteiger partial charge is 0.290 e. The van der Waals surface area contributed by atoms with Crippen LogP contribution in [-0.2, 0) is 21.1 Å². The Morgan fingerprint density at radius 1 is 1.20 bits per heavy atom. The summed E-state index contributed by atoms with van der Waals surface area (Å²) in [7, 11) is -3.81. The van der Waals surface area contributed by atoms with Crippen molar-refractivity contribution in [2.45, 2.75) is 15.7 Å². The van der Waals surface area contributed by atoms with Gasteiger partial charge in [0.05, 0.1) is 17.0 Å². The first kappa shape index (κ1) is 17.4. The molecule has 1 aromatic carbocycles. The number of carbonyl (C=O) groups excluding carboxylic acids is 2. The minimum absolute atomic E-state index is 0.0434. The topological polar surface area (TPSA) is 123 Å². The summed E-state index contributed by atoms with van der Waals surface area (Å²) in [5.41, 5.74) is 0.190. The smallest absolute Gasteiger partial charge is 0.265 e. The van der Waals surface area contributed by atoms with E-state index in [0.29, 0.717) is 5.02 Å². The van der Waals surface area contributed by atoms with Gasteiger partial charge in [-0.2, -0.15) is 5.10 Å². The molecule has 0 saturated carbocycles. The van der Waals surface area contributed by atoms with Crippen molar-refractivity contribution in [1.29, 1.82) is 0 Å².